The molecule has 1 spiro atoms. The first kappa shape index (κ1) is 40.5. The molecule has 1 amide bonds. The van der Waals surface area contributed by atoms with Crippen LogP contribution in [0.15, 0.2) is 108 Å². The number of pyridine rings is 2. The van der Waals surface area contributed by atoms with Crippen molar-refractivity contribution in [3.8, 4) is 17.4 Å². The van der Waals surface area contributed by atoms with Crippen molar-refractivity contribution in [2.45, 2.75) is 75.0 Å². The Bertz CT molecular complexity index is 2840. The molecule has 0 bridgehead atoms. The molecule has 3 fully saturated rings. The van der Waals surface area contributed by atoms with E-state index >= 15 is 0 Å². The number of carbonyl (C=O) groups excluding carboxylic acids is 1. The summed E-state index contributed by atoms with van der Waals surface area (Å²) in [6.07, 6.45) is 8.43. The first-order valence-corrected chi connectivity index (χ1v) is 22.9. The van der Waals surface area contributed by atoms with Crippen LogP contribution in [0.2, 0.25) is 0 Å². The second-order valence-electron chi connectivity index (χ2n) is 17.7. The standard InChI is InChI=1S/C47H48N8O7S/c1-29(2)36-11-6-7-12-37(36)39-13-8-18-54(39)34-23-47(24-34)27-53(28-47)33-14-15-38(41(21-33)62-35-20-31-16-17-48-44(31)49-25-35)45(56)52-63(59,60)42-22-40(55(57)58)43-46(51-42)61-26-32(50-43)19-30-9-4-3-5-10-30/h3-7,9-12,14-17,20-22,25,29,32,34,39,50H,8,13,18-19,23-24,26-28H2,1-2H3,(H,48,49)(H,52,56)/t32-,39-/m0/s1. The smallest absolute Gasteiger partial charge is 0.300 e. The van der Waals surface area contributed by atoms with Crippen molar-refractivity contribution in [2.24, 2.45) is 5.41 Å². The Kier molecular flexibility index (Phi) is 10.3. The van der Waals surface area contributed by atoms with Gasteiger partial charge in [-0.15, -0.1) is 0 Å². The zero-order chi connectivity index (χ0) is 43.5. The Hall–Kier alpha value is -6.52. The summed E-state index contributed by atoms with van der Waals surface area (Å²) in [6, 6.07) is 28.6. The number of rotatable bonds is 12. The van der Waals surface area contributed by atoms with E-state index < -0.39 is 31.6 Å². The molecule has 324 valence electrons. The van der Waals surface area contributed by atoms with Gasteiger partial charge in [-0.2, -0.15) is 13.4 Å². The van der Waals surface area contributed by atoms with Gasteiger partial charge in [-0.3, -0.25) is 19.8 Å². The summed E-state index contributed by atoms with van der Waals surface area (Å²) in [6.45, 7) is 7.45. The first-order valence-electron chi connectivity index (χ1n) is 21.5. The number of aromatic amines is 1. The summed E-state index contributed by atoms with van der Waals surface area (Å²) in [4.78, 5) is 42.2. The van der Waals surface area contributed by atoms with E-state index in [0.29, 0.717) is 35.8 Å². The highest BCUT2D eigenvalue weighted by molar-refractivity contribution is 7.90. The van der Waals surface area contributed by atoms with Gasteiger partial charge >= 0.3 is 5.69 Å². The van der Waals surface area contributed by atoms with Crippen LogP contribution in [0.1, 0.15) is 78.5 Å². The Morgan fingerprint density at radius 1 is 1.05 bits per heavy atom. The minimum Gasteiger partial charge on any atom is -0.474 e. The molecule has 4 aliphatic rings. The Balaban J connectivity index is 0.868. The molecule has 2 saturated heterocycles. The molecule has 2 atom stereocenters. The van der Waals surface area contributed by atoms with Gasteiger partial charge in [-0.25, -0.2) is 9.71 Å². The normalized spacial score (nSPS) is 19.5. The van der Waals surface area contributed by atoms with Crippen molar-refractivity contribution in [1.29, 1.82) is 0 Å². The van der Waals surface area contributed by atoms with E-state index in [1.54, 1.807) is 24.4 Å². The first-order chi connectivity index (χ1) is 30.4. The van der Waals surface area contributed by atoms with Crippen LogP contribution < -0.4 is 24.4 Å². The number of hydrogen-bond acceptors (Lipinski definition) is 12. The second kappa shape index (κ2) is 16.0. The van der Waals surface area contributed by atoms with Crippen molar-refractivity contribution in [1.82, 2.24) is 24.6 Å². The largest absolute Gasteiger partial charge is 0.474 e. The monoisotopic (exact) mass is 868 g/mol. The molecule has 0 unspecified atom stereocenters. The van der Waals surface area contributed by atoms with Crippen LogP contribution in [0, 0.1) is 15.5 Å². The van der Waals surface area contributed by atoms with Crippen molar-refractivity contribution < 1.29 is 27.6 Å². The SMILES string of the molecule is CC(C)c1ccccc1[C@@H]1CCCN1C1CC2(C1)CN(c1ccc(C(=O)NS(=O)(=O)c3cc([N+](=O)[O-])c4c(n3)OC[C@H](Cc3ccccc3)N4)c(Oc3cnc4[nH]ccc4c3)c1)C2. The second-order valence-corrected chi connectivity index (χ2v) is 19.3. The highest BCUT2D eigenvalue weighted by atomic mass is 32.2. The summed E-state index contributed by atoms with van der Waals surface area (Å²) in [5, 5.41) is 15.4. The number of amides is 1. The minimum absolute atomic E-state index is 0.0328. The fourth-order valence-corrected chi connectivity index (χ4v) is 11.0. The lowest BCUT2D eigenvalue weighted by Gasteiger charge is -2.62. The molecule has 6 heterocycles. The van der Waals surface area contributed by atoms with E-state index in [0.717, 1.165) is 55.2 Å². The number of hydrogen-bond donors (Lipinski definition) is 3. The predicted octanol–water partition coefficient (Wildman–Crippen LogP) is 8.12. The average molecular weight is 869 g/mol. The number of sulfonamides is 1. The van der Waals surface area contributed by atoms with E-state index in [1.807, 2.05) is 36.4 Å². The van der Waals surface area contributed by atoms with Gasteiger partial charge < -0.3 is 24.7 Å². The van der Waals surface area contributed by atoms with Crippen LogP contribution >= 0.6 is 0 Å². The summed E-state index contributed by atoms with van der Waals surface area (Å²) in [5.41, 5.74) is 4.96. The lowest BCUT2D eigenvalue weighted by atomic mass is 9.60. The molecule has 6 aromatic rings. The number of benzene rings is 3. The molecule has 3 aromatic carbocycles. The molecule has 3 aromatic heterocycles. The van der Waals surface area contributed by atoms with Crippen molar-refractivity contribution in [3.63, 3.8) is 0 Å². The van der Waals surface area contributed by atoms with Gasteiger partial charge in [0.05, 0.1) is 28.8 Å². The van der Waals surface area contributed by atoms with E-state index in [1.165, 1.54) is 36.2 Å². The molecule has 15 nitrogen and oxygen atoms in total. The van der Waals surface area contributed by atoms with Crippen molar-refractivity contribution in [3.05, 3.63) is 136 Å². The Labute approximate surface area is 365 Å². The molecule has 1 saturated carbocycles. The van der Waals surface area contributed by atoms with E-state index in [4.69, 9.17) is 9.47 Å². The van der Waals surface area contributed by atoms with Gasteiger partial charge in [0.1, 0.15) is 23.8 Å². The van der Waals surface area contributed by atoms with Crippen LogP contribution in [0.4, 0.5) is 17.1 Å². The zero-order valence-electron chi connectivity index (χ0n) is 35.0. The Morgan fingerprint density at radius 3 is 2.63 bits per heavy atom. The van der Waals surface area contributed by atoms with Crippen LogP contribution in [0.25, 0.3) is 11.0 Å². The predicted molar refractivity (Wildman–Crippen MR) is 238 cm³/mol. The highest BCUT2D eigenvalue weighted by Gasteiger charge is 2.55. The molecule has 3 aliphatic heterocycles. The van der Waals surface area contributed by atoms with E-state index in [2.05, 4.69) is 72.9 Å². The van der Waals surface area contributed by atoms with E-state index in [9.17, 15) is 23.3 Å². The highest BCUT2D eigenvalue weighted by Crippen LogP contribution is 2.54. The maximum absolute atomic E-state index is 14.0. The van der Waals surface area contributed by atoms with Crippen LogP contribution in [0.3, 0.4) is 0 Å². The number of nitro groups is 1. The number of likely N-dealkylation sites (tertiary alicyclic amines) is 1. The number of carbonyl (C=O) groups is 1. The minimum atomic E-state index is -4.75. The quantitative estimate of drug-likeness (QED) is 0.0794. The fraction of sp³-hybridized carbons (Fsp3) is 0.340. The Morgan fingerprint density at radius 2 is 1.84 bits per heavy atom. The summed E-state index contributed by atoms with van der Waals surface area (Å²) >= 11 is 0. The van der Waals surface area contributed by atoms with Gasteiger partial charge in [-0.05, 0) is 85.5 Å². The summed E-state index contributed by atoms with van der Waals surface area (Å²) in [5.74, 6) is -0.307. The van der Waals surface area contributed by atoms with Gasteiger partial charge in [-0.1, -0.05) is 68.4 Å². The van der Waals surface area contributed by atoms with Crippen molar-refractivity contribution in [2.75, 3.05) is 36.5 Å². The molecular formula is C47H48N8O7S. The average Bonchev–Trinajstić information content (AvgIpc) is 3.93. The molecule has 63 heavy (non-hydrogen) atoms. The molecule has 1 aliphatic carbocycles. The summed E-state index contributed by atoms with van der Waals surface area (Å²) in [7, 11) is -4.75. The third-order valence-corrected chi connectivity index (χ3v) is 14.3. The number of nitrogens with one attached hydrogen (secondary N) is 3. The van der Waals surface area contributed by atoms with Gasteiger partial charge in [0.25, 0.3) is 15.9 Å². The van der Waals surface area contributed by atoms with Crippen LogP contribution in [-0.2, 0) is 16.4 Å². The fourth-order valence-electron chi connectivity index (χ4n) is 10.0. The maximum Gasteiger partial charge on any atom is 0.300 e. The number of aromatic nitrogens is 3. The third-order valence-electron chi connectivity index (χ3n) is 13.0. The van der Waals surface area contributed by atoms with E-state index in [-0.39, 0.29) is 40.9 Å². The molecule has 10 rings (SSSR count). The number of anilines is 2. The lowest BCUT2D eigenvalue weighted by Crippen LogP contribution is -2.66. The number of fused-ring (bicyclic) bond motifs is 2. The molecular weight excluding hydrogens is 821 g/mol. The maximum atomic E-state index is 14.0. The van der Waals surface area contributed by atoms with Gasteiger partial charge in [0, 0.05) is 53.9 Å². The van der Waals surface area contributed by atoms with Crippen LogP contribution in [0.5, 0.6) is 17.4 Å². The number of ether oxygens (including phenoxy) is 2. The third kappa shape index (κ3) is 7.82. The van der Waals surface area contributed by atoms with Gasteiger partial charge in [0.2, 0.25) is 5.88 Å². The van der Waals surface area contributed by atoms with Crippen molar-refractivity contribution >= 4 is 44.0 Å². The van der Waals surface area contributed by atoms with Gasteiger partial charge in [0.15, 0.2) is 10.7 Å². The topological polar surface area (TPSA) is 185 Å². The zero-order valence-corrected chi connectivity index (χ0v) is 35.8. The number of H-pyrrole nitrogens is 1. The molecule has 0 radical (unpaired) electrons. The van der Waals surface area contributed by atoms with Crippen LogP contribution in [-0.4, -0.2) is 77.4 Å². The number of nitrogens with zero attached hydrogens (tertiary/aromatic N) is 5. The lowest BCUT2D eigenvalue weighted by molar-refractivity contribution is -0.384. The molecule has 3 N–H and O–H groups in total. The summed E-state index contributed by atoms with van der Waals surface area (Å²) < 4.78 is 41.8. The molecule has 16 heteroatoms.